The van der Waals surface area contributed by atoms with Crippen LogP contribution in [0.3, 0.4) is 0 Å². The number of hydrogen-bond acceptors (Lipinski definition) is 3. The molecule has 1 aromatic carbocycles. The number of nitrogens with one attached hydrogen (secondary N) is 1. The fourth-order valence-electron chi connectivity index (χ4n) is 1.33. The van der Waals surface area contributed by atoms with Crippen LogP contribution in [0, 0.1) is 5.82 Å². The minimum absolute atomic E-state index is 0.0932. The van der Waals surface area contributed by atoms with Crippen LogP contribution < -0.4 is 10.1 Å². The Hall–Kier alpha value is -1.34. The third kappa shape index (κ3) is 4.36. The highest BCUT2D eigenvalue weighted by molar-refractivity contribution is 5.30. The van der Waals surface area contributed by atoms with Gasteiger partial charge in [0.15, 0.2) is 17.7 Å². The number of rotatable bonds is 5. The Morgan fingerprint density at radius 2 is 2.00 bits per heavy atom. The quantitative estimate of drug-likeness (QED) is 0.814. The SMILES string of the molecule is CNC(C)c1ccc(OCC(O)C(F)(F)F)c(F)c1. The highest BCUT2D eigenvalue weighted by Crippen LogP contribution is 2.24. The summed E-state index contributed by atoms with van der Waals surface area (Å²) < 4.78 is 54.3. The van der Waals surface area contributed by atoms with Crippen molar-refractivity contribution in [3.05, 3.63) is 29.6 Å². The molecule has 2 atom stereocenters. The Kier molecular flexibility index (Phi) is 5.13. The maximum atomic E-state index is 13.6. The molecule has 0 aliphatic rings. The van der Waals surface area contributed by atoms with E-state index in [-0.39, 0.29) is 11.8 Å². The smallest absolute Gasteiger partial charge is 0.417 e. The van der Waals surface area contributed by atoms with Crippen LogP contribution in [0.15, 0.2) is 18.2 Å². The summed E-state index contributed by atoms with van der Waals surface area (Å²) in [6.45, 7) is 0.768. The van der Waals surface area contributed by atoms with Gasteiger partial charge in [0.2, 0.25) is 0 Å². The van der Waals surface area contributed by atoms with Crippen molar-refractivity contribution < 1.29 is 27.4 Å². The average molecular weight is 281 g/mol. The zero-order chi connectivity index (χ0) is 14.6. The van der Waals surface area contributed by atoms with E-state index < -0.39 is 24.7 Å². The summed E-state index contributed by atoms with van der Waals surface area (Å²) >= 11 is 0. The van der Waals surface area contributed by atoms with Gasteiger partial charge in [-0.3, -0.25) is 0 Å². The topological polar surface area (TPSA) is 41.5 Å². The minimum Gasteiger partial charge on any atom is -0.487 e. The predicted octanol–water partition coefficient (Wildman–Crippen LogP) is 2.41. The summed E-state index contributed by atoms with van der Waals surface area (Å²) in [5.41, 5.74) is 0.642. The Balaban J connectivity index is 2.71. The predicted molar refractivity (Wildman–Crippen MR) is 61.4 cm³/mol. The number of halogens is 4. The number of ether oxygens (including phenoxy) is 1. The molecule has 7 heteroatoms. The van der Waals surface area contributed by atoms with Crippen molar-refractivity contribution in [2.75, 3.05) is 13.7 Å². The number of hydrogen-bond donors (Lipinski definition) is 2. The molecule has 1 aromatic rings. The molecule has 19 heavy (non-hydrogen) atoms. The number of benzene rings is 1. The molecule has 2 N–H and O–H groups in total. The zero-order valence-corrected chi connectivity index (χ0v) is 10.5. The highest BCUT2D eigenvalue weighted by atomic mass is 19.4. The molecule has 0 radical (unpaired) electrons. The fraction of sp³-hybridized carbons (Fsp3) is 0.500. The first-order valence-corrected chi connectivity index (χ1v) is 5.60. The summed E-state index contributed by atoms with van der Waals surface area (Å²) in [4.78, 5) is 0. The maximum Gasteiger partial charge on any atom is 0.417 e. The van der Waals surface area contributed by atoms with Crippen LogP contribution in [-0.4, -0.2) is 31.0 Å². The molecule has 0 saturated carbocycles. The zero-order valence-electron chi connectivity index (χ0n) is 10.5. The molecule has 0 fully saturated rings. The molecule has 1 rings (SSSR count). The number of alkyl halides is 3. The van der Waals surface area contributed by atoms with Crippen molar-refractivity contribution >= 4 is 0 Å². The van der Waals surface area contributed by atoms with Crippen molar-refractivity contribution in [3.8, 4) is 5.75 Å². The molecule has 108 valence electrons. The van der Waals surface area contributed by atoms with Gasteiger partial charge in [-0.15, -0.1) is 0 Å². The van der Waals surface area contributed by atoms with Gasteiger partial charge in [0.1, 0.15) is 6.61 Å². The van der Waals surface area contributed by atoms with E-state index in [1.54, 1.807) is 13.1 Å². The second-order valence-electron chi connectivity index (χ2n) is 4.07. The summed E-state index contributed by atoms with van der Waals surface area (Å²) in [5, 5.41) is 11.6. The molecule has 3 nitrogen and oxygen atoms in total. The summed E-state index contributed by atoms with van der Waals surface area (Å²) in [5.74, 6) is -1.09. The molecule has 0 bridgehead atoms. The normalized spacial score (nSPS) is 15.1. The van der Waals surface area contributed by atoms with Crippen molar-refractivity contribution in [2.45, 2.75) is 25.2 Å². The lowest BCUT2D eigenvalue weighted by Crippen LogP contribution is -2.34. The van der Waals surface area contributed by atoms with Crippen LogP contribution in [0.4, 0.5) is 17.6 Å². The molecule has 0 saturated heterocycles. The molecule has 0 aliphatic heterocycles. The van der Waals surface area contributed by atoms with Gasteiger partial charge in [0.25, 0.3) is 0 Å². The first-order valence-electron chi connectivity index (χ1n) is 5.60. The maximum absolute atomic E-state index is 13.6. The lowest BCUT2D eigenvalue weighted by Gasteiger charge is -2.16. The Labute approximate surface area is 108 Å². The molecule has 0 aromatic heterocycles. The van der Waals surface area contributed by atoms with Gasteiger partial charge in [-0.2, -0.15) is 13.2 Å². The van der Waals surface area contributed by atoms with Crippen molar-refractivity contribution in [2.24, 2.45) is 0 Å². The lowest BCUT2D eigenvalue weighted by molar-refractivity contribution is -0.210. The Morgan fingerprint density at radius 1 is 1.37 bits per heavy atom. The minimum atomic E-state index is -4.78. The molecular weight excluding hydrogens is 266 g/mol. The van der Waals surface area contributed by atoms with Gasteiger partial charge in [-0.25, -0.2) is 4.39 Å². The molecule has 0 spiro atoms. The van der Waals surface area contributed by atoms with E-state index >= 15 is 0 Å². The standard InChI is InChI=1S/C12H15F4NO2/c1-7(17-2)8-3-4-10(9(13)5-8)19-6-11(18)12(14,15)16/h3-5,7,11,17-18H,6H2,1-2H3. The van der Waals surface area contributed by atoms with Gasteiger partial charge >= 0.3 is 6.18 Å². The van der Waals surface area contributed by atoms with E-state index in [4.69, 9.17) is 5.11 Å². The molecule has 0 amide bonds. The number of aliphatic hydroxyl groups is 1. The van der Waals surface area contributed by atoms with Crippen LogP contribution in [0.1, 0.15) is 18.5 Å². The Morgan fingerprint density at radius 3 is 2.47 bits per heavy atom. The molecule has 2 unspecified atom stereocenters. The van der Waals surface area contributed by atoms with Crippen LogP contribution >= 0.6 is 0 Å². The van der Waals surface area contributed by atoms with Crippen LogP contribution in [0.2, 0.25) is 0 Å². The monoisotopic (exact) mass is 281 g/mol. The van der Waals surface area contributed by atoms with Crippen LogP contribution in [0.25, 0.3) is 0 Å². The van der Waals surface area contributed by atoms with Gasteiger partial charge < -0.3 is 15.2 Å². The summed E-state index contributed by atoms with van der Waals surface area (Å²) in [7, 11) is 1.70. The molecule has 0 aliphatic carbocycles. The highest BCUT2D eigenvalue weighted by Gasteiger charge is 2.38. The molecular formula is C12H15F4NO2. The molecule has 0 heterocycles. The average Bonchev–Trinajstić information content (AvgIpc) is 2.34. The first kappa shape index (κ1) is 15.7. The first-order chi connectivity index (χ1) is 8.75. The Bertz CT molecular complexity index is 423. The number of aliphatic hydroxyl groups excluding tert-OH is 1. The van der Waals surface area contributed by atoms with Crippen molar-refractivity contribution in [1.29, 1.82) is 0 Å². The fourth-order valence-corrected chi connectivity index (χ4v) is 1.33. The van der Waals surface area contributed by atoms with Gasteiger partial charge in [0, 0.05) is 6.04 Å². The van der Waals surface area contributed by atoms with Gasteiger partial charge in [-0.1, -0.05) is 6.07 Å². The van der Waals surface area contributed by atoms with Crippen molar-refractivity contribution in [1.82, 2.24) is 5.32 Å². The van der Waals surface area contributed by atoms with E-state index in [1.165, 1.54) is 12.1 Å². The van der Waals surface area contributed by atoms with Gasteiger partial charge in [-0.05, 0) is 31.7 Å². The summed E-state index contributed by atoms with van der Waals surface area (Å²) in [6.07, 6.45) is -7.42. The largest absolute Gasteiger partial charge is 0.487 e. The second-order valence-corrected chi connectivity index (χ2v) is 4.07. The van der Waals surface area contributed by atoms with Crippen molar-refractivity contribution in [3.63, 3.8) is 0 Å². The third-order valence-corrected chi connectivity index (χ3v) is 2.66. The van der Waals surface area contributed by atoms with E-state index in [1.807, 2.05) is 6.92 Å². The third-order valence-electron chi connectivity index (χ3n) is 2.66. The lowest BCUT2D eigenvalue weighted by atomic mass is 10.1. The van der Waals surface area contributed by atoms with Crippen LogP contribution in [-0.2, 0) is 0 Å². The van der Waals surface area contributed by atoms with Gasteiger partial charge in [0.05, 0.1) is 0 Å². The van der Waals surface area contributed by atoms with E-state index in [0.717, 1.165) is 0 Å². The second kappa shape index (κ2) is 6.21. The van der Waals surface area contributed by atoms with Crippen LogP contribution in [0.5, 0.6) is 5.75 Å². The van der Waals surface area contributed by atoms with E-state index in [9.17, 15) is 17.6 Å². The van der Waals surface area contributed by atoms with E-state index in [2.05, 4.69) is 10.1 Å². The summed E-state index contributed by atoms with van der Waals surface area (Å²) in [6, 6.07) is 3.86. The van der Waals surface area contributed by atoms with E-state index in [0.29, 0.717) is 5.56 Å².